The van der Waals surface area contributed by atoms with E-state index in [9.17, 15) is 10.2 Å². The van der Waals surface area contributed by atoms with Gasteiger partial charge in [-0.15, -0.1) is 0 Å². The number of rotatable bonds is 2. The highest BCUT2D eigenvalue weighted by Crippen LogP contribution is 2.55. The van der Waals surface area contributed by atoms with Gasteiger partial charge in [-0.2, -0.15) is 0 Å². The van der Waals surface area contributed by atoms with Crippen LogP contribution < -0.4 is 4.74 Å². The van der Waals surface area contributed by atoms with Gasteiger partial charge in [0.1, 0.15) is 11.5 Å². The Kier molecular flexibility index (Phi) is 7.43. The van der Waals surface area contributed by atoms with Crippen molar-refractivity contribution in [2.75, 3.05) is 0 Å². The van der Waals surface area contributed by atoms with Gasteiger partial charge in [0.05, 0.1) is 35.8 Å². The molecule has 2 rings (SSSR count). The number of hydrogen-bond acceptors (Lipinski definition) is 3. The van der Waals surface area contributed by atoms with E-state index in [-0.39, 0.29) is 11.5 Å². The van der Waals surface area contributed by atoms with Crippen molar-refractivity contribution in [3.05, 3.63) is 35.8 Å². The first-order valence-corrected chi connectivity index (χ1v) is 11.7. The molecule has 2 aromatic rings. The second-order valence-electron chi connectivity index (χ2n) is 3.97. The Morgan fingerprint density at radius 3 is 0.870 bits per heavy atom. The van der Waals surface area contributed by atoms with Crippen molar-refractivity contribution in [1.29, 1.82) is 0 Å². The van der Waals surface area contributed by atoms with Crippen LogP contribution in [0.25, 0.3) is 0 Å². The number of benzene rings is 2. The zero-order valence-electron chi connectivity index (χ0n) is 10.3. The number of hydrogen-bond donors (Lipinski definition) is 2. The summed E-state index contributed by atoms with van der Waals surface area (Å²) < 4.78 is 9.82. The van der Waals surface area contributed by atoms with Crippen LogP contribution in [0, 0.1) is 0 Å². The Balaban J connectivity index is 2.71. The largest absolute Gasteiger partial charge is 0.505 e. The molecule has 0 saturated carbocycles. The average Bonchev–Trinajstić information content (AvgIpc) is 2.54. The van der Waals surface area contributed by atoms with Gasteiger partial charge in [0.15, 0.2) is 11.5 Å². The molecule has 0 fully saturated rings. The Bertz CT molecular complexity index is 695. The maximum atomic E-state index is 10.0. The van der Waals surface area contributed by atoms with Gasteiger partial charge >= 0.3 is 0 Å². The van der Waals surface area contributed by atoms with Crippen LogP contribution in [0.1, 0.15) is 0 Å². The summed E-state index contributed by atoms with van der Waals surface area (Å²) in [7, 11) is 0. The molecule has 2 aromatic carbocycles. The van der Waals surface area contributed by atoms with Gasteiger partial charge in [0.25, 0.3) is 0 Å². The lowest BCUT2D eigenvalue weighted by Crippen LogP contribution is -1.94. The summed E-state index contributed by atoms with van der Waals surface area (Å²) in [5.41, 5.74) is 0. The summed E-state index contributed by atoms with van der Waals surface area (Å²) >= 11 is 26.7. The quantitative estimate of drug-likeness (QED) is 0.298. The summed E-state index contributed by atoms with van der Waals surface area (Å²) in [6, 6.07) is 0. The van der Waals surface area contributed by atoms with Crippen LogP contribution in [0.3, 0.4) is 0 Å². The summed E-state index contributed by atoms with van der Waals surface area (Å²) in [5.74, 6) is 0.907. The van der Waals surface area contributed by atoms with E-state index in [4.69, 9.17) is 4.74 Å². The lowest BCUT2D eigenvalue weighted by atomic mass is 10.3. The molecule has 0 aliphatic rings. The molecule has 0 aromatic heterocycles. The fraction of sp³-hybridized carbons (Fsp3) is 0. The molecule has 0 bridgehead atoms. The Hall–Kier alpha value is 1.68. The van der Waals surface area contributed by atoms with Crippen molar-refractivity contribution in [3.63, 3.8) is 0 Å². The third-order valence-electron chi connectivity index (χ3n) is 2.60. The molecule has 0 spiro atoms. The van der Waals surface area contributed by atoms with E-state index in [1.807, 2.05) is 0 Å². The molecule has 124 valence electrons. The molecular weight excluding hydrogens is 831 g/mol. The lowest BCUT2D eigenvalue weighted by Gasteiger charge is -2.18. The minimum absolute atomic E-state index is 0.0299. The van der Waals surface area contributed by atoms with Crippen LogP contribution in [-0.4, -0.2) is 10.2 Å². The van der Waals surface area contributed by atoms with Crippen molar-refractivity contribution in [1.82, 2.24) is 0 Å². The molecule has 23 heavy (non-hydrogen) atoms. The van der Waals surface area contributed by atoms with E-state index in [1.54, 1.807) is 0 Å². The number of ether oxygens (including phenoxy) is 1. The van der Waals surface area contributed by atoms with Crippen LogP contribution in [0.2, 0.25) is 0 Å². The zero-order chi connectivity index (χ0) is 17.6. The number of aromatic hydroxyl groups is 2. The van der Waals surface area contributed by atoms with Gasteiger partial charge in [-0.3, -0.25) is 0 Å². The fourth-order valence-corrected chi connectivity index (χ4v) is 5.93. The third-order valence-corrected chi connectivity index (χ3v) is 10.8. The number of halogens is 8. The Morgan fingerprint density at radius 1 is 0.435 bits per heavy atom. The summed E-state index contributed by atoms with van der Waals surface area (Å²) in [6.07, 6.45) is 0. The highest BCUT2D eigenvalue weighted by molar-refractivity contribution is 9.14. The second kappa shape index (κ2) is 8.14. The van der Waals surface area contributed by atoms with Gasteiger partial charge in [-0.25, -0.2) is 0 Å². The standard InChI is InChI=1S/C12H2Br8O3/c13-1-5(17)11(6(18)2(14)9(1)21)23-12-7(19)3(15)10(22)4(16)8(12)20/h21-22H. The molecule has 0 aliphatic carbocycles. The first-order valence-electron chi connectivity index (χ1n) is 5.37. The van der Waals surface area contributed by atoms with Gasteiger partial charge < -0.3 is 14.9 Å². The average molecular weight is 833 g/mol. The first-order chi connectivity index (χ1) is 10.6. The van der Waals surface area contributed by atoms with Gasteiger partial charge in [-0.05, 0) is 127 Å². The SMILES string of the molecule is Oc1c(Br)c(Br)c(Oc2c(Br)c(Br)c(O)c(Br)c2Br)c(Br)c1Br. The molecule has 0 unspecified atom stereocenters. The van der Waals surface area contributed by atoms with E-state index >= 15 is 0 Å². The fourth-order valence-electron chi connectivity index (χ4n) is 1.48. The molecule has 0 heterocycles. The van der Waals surface area contributed by atoms with Crippen molar-refractivity contribution in [2.24, 2.45) is 0 Å². The van der Waals surface area contributed by atoms with Crippen molar-refractivity contribution >= 4 is 127 Å². The second-order valence-corrected chi connectivity index (χ2v) is 10.3. The van der Waals surface area contributed by atoms with Crippen molar-refractivity contribution in [2.45, 2.75) is 0 Å². The van der Waals surface area contributed by atoms with Crippen LogP contribution in [0.5, 0.6) is 23.0 Å². The monoisotopic (exact) mass is 825 g/mol. The minimum Gasteiger partial charge on any atom is -0.505 e. The number of phenols is 2. The smallest absolute Gasteiger partial charge is 0.158 e. The van der Waals surface area contributed by atoms with Gasteiger partial charge in [0, 0.05) is 0 Å². The van der Waals surface area contributed by atoms with Crippen LogP contribution in [-0.2, 0) is 0 Å². The maximum Gasteiger partial charge on any atom is 0.158 e. The molecule has 3 nitrogen and oxygen atoms in total. The highest BCUT2D eigenvalue weighted by Gasteiger charge is 2.25. The zero-order valence-corrected chi connectivity index (χ0v) is 23.0. The lowest BCUT2D eigenvalue weighted by molar-refractivity contribution is 0.443. The van der Waals surface area contributed by atoms with Crippen LogP contribution >= 0.6 is 127 Å². The van der Waals surface area contributed by atoms with E-state index < -0.39 is 0 Å². The molecule has 0 radical (unpaired) electrons. The molecule has 0 amide bonds. The van der Waals surface area contributed by atoms with Gasteiger partial charge in [0.2, 0.25) is 0 Å². The highest BCUT2D eigenvalue weighted by atomic mass is 79.9. The van der Waals surface area contributed by atoms with Crippen molar-refractivity contribution in [3.8, 4) is 23.0 Å². The van der Waals surface area contributed by atoms with E-state index in [0.29, 0.717) is 47.3 Å². The minimum atomic E-state index is 0.0299. The van der Waals surface area contributed by atoms with E-state index in [1.165, 1.54) is 0 Å². The Morgan fingerprint density at radius 2 is 0.652 bits per heavy atom. The predicted molar refractivity (Wildman–Crippen MR) is 118 cm³/mol. The summed E-state index contributed by atoms with van der Waals surface area (Å²) in [5, 5.41) is 20.0. The first kappa shape index (κ1) is 21.0. The van der Waals surface area contributed by atoms with E-state index in [0.717, 1.165) is 0 Å². The molecule has 2 N–H and O–H groups in total. The van der Waals surface area contributed by atoms with E-state index in [2.05, 4.69) is 127 Å². The summed E-state index contributed by atoms with van der Waals surface area (Å²) in [6.45, 7) is 0. The maximum absolute atomic E-state index is 10.0. The third kappa shape index (κ3) is 3.86. The van der Waals surface area contributed by atoms with Crippen LogP contribution in [0.15, 0.2) is 35.8 Å². The van der Waals surface area contributed by atoms with Crippen molar-refractivity contribution < 1.29 is 14.9 Å². The topological polar surface area (TPSA) is 49.7 Å². The van der Waals surface area contributed by atoms with Gasteiger partial charge in [-0.1, -0.05) is 0 Å². The predicted octanol–water partition coefficient (Wildman–Crippen LogP) is 8.99. The molecule has 0 saturated heterocycles. The van der Waals surface area contributed by atoms with Crippen LogP contribution in [0.4, 0.5) is 0 Å². The Labute approximate surface area is 198 Å². The number of phenolic OH excluding ortho intramolecular Hbond substituents is 2. The summed E-state index contributed by atoms with van der Waals surface area (Å²) in [4.78, 5) is 0. The molecule has 11 heteroatoms. The normalized spacial score (nSPS) is 11.0. The molecule has 0 atom stereocenters. The molecule has 0 aliphatic heterocycles. The molecular formula is C12H2Br8O3.